The molecule has 0 bridgehead atoms. The molecule has 0 radical (unpaired) electrons. The summed E-state index contributed by atoms with van der Waals surface area (Å²) < 4.78 is 41.1. The van der Waals surface area contributed by atoms with E-state index in [1.165, 1.54) is 0 Å². The fourth-order valence-electron chi connectivity index (χ4n) is 3.84. The molecule has 1 saturated carbocycles. The van der Waals surface area contributed by atoms with Gasteiger partial charge in [0.1, 0.15) is 5.82 Å². The van der Waals surface area contributed by atoms with Crippen LogP contribution in [0.5, 0.6) is 0 Å². The molecule has 1 aromatic rings. The van der Waals surface area contributed by atoms with Gasteiger partial charge in [-0.25, -0.2) is 4.68 Å². The van der Waals surface area contributed by atoms with Gasteiger partial charge in [-0.05, 0) is 39.0 Å². The van der Waals surface area contributed by atoms with Crippen LogP contribution in [0.4, 0.5) is 19.0 Å². The third kappa shape index (κ3) is 2.65. The second-order valence-corrected chi connectivity index (χ2v) is 7.20. The molecule has 4 rings (SSSR count). The van der Waals surface area contributed by atoms with Crippen molar-refractivity contribution in [3.63, 3.8) is 0 Å². The summed E-state index contributed by atoms with van der Waals surface area (Å²) in [6, 6.07) is -0.368. The summed E-state index contributed by atoms with van der Waals surface area (Å²) in [4.78, 5) is 14.2. The van der Waals surface area contributed by atoms with Crippen molar-refractivity contribution in [2.24, 2.45) is 5.92 Å². The minimum Gasteiger partial charge on any atom is -0.368 e. The minimum absolute atomic E-state index is 0.0347. The van der Waals surface area contributed by atoms with Gasteiger partial charge in [-0.3, -0.25) is 4.79 Å². The summed E-state index contributed by atoms with van der Waals surface area (Å²) >= 11 is 0. The molecule has 2 fully saturated rings. The summed E-state index contributed by atoms with van der Waals surface area (Å²) in [6.45, 7) is 2.42. The number of hydrogen-bond donors (Lipinski definition) is 1. The summed E-state index contributed by atoms with van der Waals surface area (Å²) in [5, 5.41) is 7.35. The number of nitrogens with zero attached hydrogens (tertiary/aromatic N) is 3. The summed E-state index contributed by atoms with van der Waals surface area (Å²) in [6.07, 6.45) is -0.868. The number of likely N-dealkylation sites (tertiary alicyclic amines) is 1. The Bertz CT molecular complexity index is 652. The molecule has 24 heavy (non-hydrogen) atoms. The topological polar surface area (TPSA) is 50.2 Å². The van der Waals surface area contributed by atoms with Crippen molar-refractivity contribution >= 4 is 11.7 Å². The third-order valence-electron chi connectivity index (χ3n) is 5.20. The van der Waals surface area contributed by atoms with Crippen LogP contribution < -0.4 is 5.32 Å². The number of halogens is 3. The molecule has 3 heterocycles. The maximum absolute atomic E-state index is 13.3. The van der Waals surface area contributed by atoms with E-state index in [0.717, 1.165) is 30.4 Å². The fraction of sp³-hybridized carbons (Fsp3) is 0.750. The molecule has 5 nitrogen and oxygen atoms in total. The summed E-state index contributed by atoms with van der Waals surface area (Å²) in [5.74, 6) is 0.651. The van der Waals surface area contributed by atoms with E-state index in [0.29, 0.717) is 18.1 Å². The molecular weight excluding hydrogens is 321 g/mol. The molecule has 8 heteroatoms. The van der Waals surface area contributed by atoms with Gasteiger partial charge in [0, 0.05) is 24.6 Å². The van der Waals surface area contributed by atoms with Gasteiger partial charge in [0.05, 0.1) is 11.7 Å². The number of carbonyl (C=O) groups excluding carboxylic acids is 1. The number of hydrogen-bond acceptors (Lipinski definition) is 3. The Morgan fingerprint density at radius 2 is 2.08 bits per heavy atom. The van der Waals surface area contributed by atoms with E-state index in [9.17, 15) is 18.0 Å². The molecule has 0 spiro atoms. The van der Waals surface area contributed by atoms with Gasteiger partial charge in [-0.2, -0.15) is 18.3 Å². The van der Waals surface area contributed by atoms with Gasteiger partial charge in [-0.15, -0.1) is 0 Å². The predicted octanol–water partition coefficient (Wildman–Crippen LogP) is 3.26. The molecule has 1 N–H and O–H groups in total. The Kier molecular flexibility index (Phi) is 3.54. The lowest BCUT2D eigenvalue weighted by molar-refractivity contribution is -0.173. The number of nitrogens with one attached hydrogen (secondary N) is 1. The largest absolute Gasteiger partial charge is 0.410 e. The Morgan fingerprint density at radius 3 is 2.75 bits per heavy atom. The normalized spacial score (nSPS) is 30.2. The standard InChI is InChI=1S/C16H21F3N4O/c1-9-7-13(16(17,18)19)23-14(20-9)8-11(21-23)12-3-2-6-22(12)15(24)10-4-5-10/h8-10,12-13,20H,2-7H2,1H3/t9-,12?,13-/m1/s1. The second kappa shape index (κ2) is 5.39. The lowest BCUT2D eigenvalue weighted by Crippen LogP contribution is -2.38. The van der Waals surface area contributed by atoms with Gasteiger partial charge >= 0.3 is 6.18 Å². The maximum Gasteiger partial charge on any atom is 0.410 e. The Labute approximate surface area is 138 Å². The molecule has 0 aromatic carbocycles. The summed E-state index contributed by atoms with van der Waals surface area (Å²) in [7, 11) is 0. The van der Waals surface area contributed by atoms with Crippen molar-refractivity contribution in [1.82, 2.24) is 14.7 Å². The fourth-order valence-corrected chi connectivity index (χ4v) is 3.84. The van der Waals surface area contributed by atoms with Gasteiger partial charge in [-0.1, -0.05) is 0 Å². The molecule has 2 aliphatic heterocycles. The molecule has 3 atom stereocenters. The first-order valence-electron chi connectivity index (χ1n) is 8.58. The first kappa shape index (κ1) is 15.8. The predicted molar refractivity (Wildman–Crippen MR) is 81.4 cm³/mol. The zero-order valence-corrected chi connectivity index (χ0v) is 13.5. The Morgan fingerprint density at radius 1 is 1.33 bits per heavy atom. The smallest absolute Gasteiger partial charge is 0.368 e. The highest BCUT2D eigenvalue weighted by molar-refractivity contribution is 5.81. The van der Waals surface area contributed by atoms with Crippen molar-refractivity contribution in [2.45, 2.75) is 63.3 Å². The first-order valence-corrected chi connectivity index (χ1v) is 8.58. The minimum atomic E-state index is -4.33. The zero-order chi connectivity index (χ0) is 17.1. The van der Waals surface area contributed by atoms with E-state index in [1.54, 1.807) is 13.0 Å². The lowest BCUT2D eigenvalue weighted by atomic mass is 10.1. The number of fused-ring (bicyclic) bond motifs is 1. The molecule has 1 saturated heterocycles. The first-order chi connectivity index (χ1) is 11.3. The molecule has 1 unspecified atom stereocenters. The molecule has 132 valence electrons. The number of rotatable bonds is 2. The number of aromatic nitrogens is 2. The third-order valence-corrected chi connectivity index (χ3v) is 5.20. The number of anilines is 1. The molecule has 1 amide bonds. The van der Waals surface area contributed by atoms with Gasteiger partial charge in [0.15, 0.2) is 6.04 Å². The van der Waals surface area contributed by atoms with Crippen molar-refractivity contribution in [2.75, 3.05) is 11.9 Å². The van der Waals surface area contributed by atoms with Gasteiger partial charge in [0.2, 0.25) is 5.91 Å². The van der Waals surface area contributed by atoms with Crippen molar-refractivity contribution in [3.05, 3.63) is 11.8 Å². The van der Waals surface area contributed by atoms with E-state index in [-0.39, 0.29) is 30.3 Å². The van der Waals surface area contributed by atoms with Crippen LogP contribution in [0.1, 0.15) is 56.8 Å². The quantitative estimate of drug-likeness (QED) is 0.897. The Balaban J connectivity index is 1.64. The van der Waals surface area contributed by atoms with Gasteiger partial charge < -0.3 is 10.2 Å². The average Bonchev–Trinajstić information content (AvgIpc) is 3.08. The monoisotopic (exact) mass is 342 g/mol. The molecule has 1 aliphatic carbocycles. The van der Waals surface area contributed by atoms with Crippen molar-refractivity contribution in [3.8, 4) is 0 Å². The van der Waals surface area contributed by atoms with E-state index in [4.69, 9.17) is 0 Å². The van der Waals surface area contributed by atoms with Crippen molar-refractivity contribution < 1.29 is 18.0 Å². The van der Waals surface area contributed by atoms with Crippen LogP contribution in [-0.4, -0.2) is 39.4 Å². The van der Waals surface area contributed by atoms with E-state index in [1.807, 2.05) is 4.90 Å². The van der Waals surface area contributed by atoms with Crippen LogP contribution in [0.2, 0.25) is 0 Å². The van der Waals surface area contributed by atoms with Crippen LogP contribution in [0, 0.1) is 5.92 Å². The number of carbonyl (C=O) groups is 1. The van der Waals surface area contributed by atoms with Crippen LogP contribution in [-0.2, 0) is 4.79 Å². The molecule has 1 aromatic heterocycles. The van der Waals surface area contributed by atoms with Crippen molar-refractivity contribution in [1.29, 1.82) is 0 Å². The number of alkyl halides is 3. The zero-order valence-electron chi connectivity index (χ0n) is 13.5. The SMILES string of the molecule is C[C@@H]1C[C@H](C(F)(F)F)n2nc(C3CCCN3C(=O)C3CC3)cc2N1. The van der Waals surface area contributed by atoms with Gasteiger partial charge in [0.25, 0.3) is 0 Å². The second-order valence-electron chi connectivity index (χ2n) is 7.20. The number of amides is 1. The van der Waals surface area contributed by atoms with E-state index in [2.05, 4.69) is 10.4 Å². The van der Waals surface area contributed by atoms with Crippen LogP contribution >= 0.6 is 0 Å². The lowest BCUT2D eigenvalue weighted by Gasteiger charge is -2.31. The van der Waals surface area contributed by atoms with Crippen LogP contribution in [0.3, 0.4) is 0 Å². The molecular formula is C16H21F3N4O. The van der Waals surface area contributed by atoms with Crippen LogP contribution in [0.25, 0.3) is 0 Å². The molecule has 3 aliphatic rings. The van der Waals surface area contributed by atoms with E-state index < -0.39 is 12.2 Å². The highest BCUT2D eigenvalue weighted by atomic mass is 19.4. The Hall–Kier alpha value is -1.73. The van der Waals surface area contributed by atoms with Crippen LogP contribution in [0.15, 0.2) is 6.07 Å². The highest BCUT2D eigenvalue weighted by Gasteiger charge is 2.46. The maximum atomic E-state index is 13.3. The van der Waals surface area contributed by atoms with E-state index >= 15 is 0 Å². The highest BCUT2D eigenvalue weighted by Crippen LogP contribution is 2.42. The average molecular weight is 342 g/mol. The summed E-state index contributed by atoms with van der Waals surface area (Å²) in [5.41, 5.74) is 0.576.